The second-order valence-electron chi connectivity index (χ2n) is 4.48. The van der Waals surface area contributed by atoms with E-state index in [1.54, 1.807) is 11.0 Å². The van der Waals surface area contributed by atoms with Crippen LogP contribution < -0.4 is 0 Å². The van der Waals surface area contributed by atoms with Gasteiger partial charge in [0.25, 0.3) is 5.91 Å². The Bertz CT molecular complexity index is 541. The summed E-state index contributed by atoms with van der Waals surface area (Å²) >= 11 is 0. The fourth-order valence-corrected chi connectivity index (χ4v) is 2.02. The molecule has 0 bridgehead atoms. The van der Waals surface area contributed by atoms with E-state index in [9.17, 15) is 9.18 Å². The van der Waals surface area contributed by atoms with Gasteiger partial charge >= 0.3 is 0 Å². The molecule has 0 heterocycles. The highest BCUT2D eigenvalue weighted by molar-refractivity contribution is 5.95. The molecule has 1 aliphatic rings. The molecule has 1 aromatic rings. The van der Waals surface area contributed by atoms with Gasteiger partial charge in [-0.25, -0.2) is 4.39 Å². The monoisotopic (exact) mass is 261 g/mol. The first-order valence-electron chi connectivity index (χ1n) is 6.37. The van der Waals surface area contributed by atoms with E-state index < -0.39 is 5.82 Å². The molecule has 0 aliphatic heterocycles. The smallest absolute Gasteiger partial charge is 0.257 e. The minimum absolute atomic E-state index is 0.0864. The van der Waals surface area contributed by atoms with E-state index in [2.05, 4.69) is 11.8 Å². The summed E-state index contributed by atoms with van der Waals surface area (Å²) in [6.07, 6.45) is 2.00. The van der Waals surface area contributed by atoms with Crippen LogP contribution in [0.5, 0.6) is 0 Å². The summed E-state index contributed by atoms with van der Waals surface area (Å²) < 4.78 is 13.9. The van der Waals surface area contributed by atoms with Crippen molar-refractivity contribution in [2.45, 2.75) is 25.8 Å². The number of amides is 1. The Balaban J connectivity index is 2.22. The third-order valence-electron chi connectivity index (χ3n) is 3.10. The maximum absolute atomic E-state index is 13.9. The molecule has 1 amide bonds. The van der Waals surface area contributed by atoms with Crippen molar-refractivity contribution in [3.63, 3.8) is 0 Å². The molecule has 1 N–H and O–H groups in total. The normalized spacial score (nSPS) is 13.6. The number of nitrogens with zero attached hydrogens (tertiary/aromatic N) is 1. The van der Waals surface area contributed by atoms with Crippen molar-refractivity contribution in [2.24, 2.45) is 0 Å². The molecule has 0 saturated heterocycles. The highest BCUT2D eigenvalue weighted by Gasteiger charge is 2.32. The highest BCUT2D eigenvalue weighted by atomic mass is 19.1. The average molecular weight is 261 g/mol. The van der Waals surface area contributed by atoms with Gasteiger partial charge in [-0.15, -0.1) is 0 Å². The minimum atomic E-state index is -0.561. The summed E-state index contributed by atoms with van der Waals surface area (Å²) in [5.41, 5.74) is 0.542. The molecule has 0 aromatic heterocycles. The summed E-state index contributed by atoms with van der Waals surface area (Å²) in [4.78, 5) is 13.9. The van der Waals surface area contributed by atoms with Crippen LogP contribution in [0.4, 0.5) is 4.39 Å². The van der Waals surface area contributed by atoms with Gasteiger partial charge in [0, 0.05) is 18.2 Å². The van der Waals surface area contributed by atoms with Crippen LogP contribution in [0.1, 0.15) is 35.7 Å². The number of halogens is 1. The molecule has 0 spiro atoms. The molecular weight excluding hydrogens is 245 g/mol. The van der Waals surface area contributed by atoms with Gasteiger partial charge in [0.1, 0.15) is 12.4 Å². The fraction of sp³-hybridized carbons (Fsp3) is 0.400. The summed E-state index contributed by atoms with van der Waals surface area (Å²) in [6.45, 7) is 2.22. The van der Waals surface area contributed by atoms with Gasteiger partial charge in [0.05, 0.1) is 5.56 Å². The van der Waals surface area contributed by atoms with Crippen molar-refractivity contribution in [3.05, 3.63) is 35.1 Å². The largest absolute Gasteiger partial charge is 0.384 e. The van der Waals surface area contributed by atoms with Gasteiger partial charge in [-0.2, -0.15) is 0 Å². The van der Waals surface area contributed by atoms with Crippen LogP contribution in [0, 0.1) is 17.7 Å². The van der Waals surface area contributed by atoms with Crippen molar-refractivity contribution in [3.8, 4) is 11.8 Å². The lowest BCUT2D eigenvalue weighted by molar-refractivity contribution is 0.0748. The van der Waals surface area contributed by atoms with Crippen LogP contribution >= 0.6 is 0 Å². The van der Waals surface area contributed by atoms with E-state index >= 15 is 0 Å². The summed E-state index contributed by atoms with van der Waals surface area (Å²) in [7, 11) is 0. The zero-order chi connectivity index (χ0) is 13.8. The maximum atomic E-state index is 13.9. The molecule has 19 heavy (non-hydrogen) atoms. The fourth-order valence-electron chi connectivity index (χ4n) is 2.02. The van der Waals surface area contributed by atoms with Crippen molar-refractivity contribution >= 4 is 5.91 Å². The zero-order valence-electron chi connectivity index (χ0n) is 10.8. The van der Waals surface area contributed by atoms with Gasteiger partial charge in [-0.1, -0.05) is 11.8 Å². The first kappa shape index (κ1) is 13.6. The molecule has 1 aliphatic carbocycles. The molecule has 0 radical (unpaired) electrons. The number of aliphatic hydroxyl groups is 1. The standard InChI is InChI=1S/C15H16FNO2/c1-2-17(12-6-7-12)15(19)13-8-5-11(4-3-9-18)10-14(13)16/h5,8,10,12,18H,2,6-7,9H2,1H3. The van der Waals surface area contributed by atoms with Crippen molar-refractivity contribution in [1.82, 2.24) is 4.90 Å². The van der Waals surface area contributed by atoms with Gasteiger partial charge in [0.2, 0.25) is 0 Å². The van der Waals surface area contributed by atoms with Crippen molar-refractivity contribution in [1.29, 1.82) is 0 Å². The highest BCUT2D eigenvalue weighted by Crippen LogP contribution is 2.28. The van der Waals surface area contributed by atoms with E-state index in [4.69, 9.17) is 5.11 Å². The lowest BCUT2D eigenvalue weighted by Gasteiger charge is -2.20. The Labute approximate surface area is 112 Å². The van der Waals surface area contributed by atoms with E-state index in [-0.39, 0.29) is 24.1 Å². The van der Waals surface area contributed by atoms with Gasteiger partial charge < -0.3 is 10.0 Å². The maximum Gasteiger partial charge on any atom is 0.257 e. The van der Waals surface area contributed by atoms with Crippen LogP contribution in [-0.2, 0) is 0 Å². The van der Waals surface area contributed by atoms with Gasteiger partial charge in [-0.3, -0.25) is 4.79 Å². The molecule has 1 fully saturated rings. The number of carbonyl (C=O) groups excluding carboxylic acids is 1. The minimum Gasteiger partial charge on any atom is -0.384 e. The van der Waals surface area contributed by atoms with Crippen LogP contribution in [0.25, 0.3) is 0 Å². The van der Waals surface area contributed by atoms with Crippen molar-refractivity contribution < 1.29 is 14.3 Å². The Hall–Kier alpha value is -1.86. The lowest BCUT2D eigenvalue weighted by Crippen LogP contribution is -2.33. The molecule has 2 rings (SSSR count). The third kappa shape index (κ3) is 3.12. The van der Waals surface area contributed by atoms with Crippen LogP contribution in [0.3, 0.4) is 0 Å². The first-order valence-corrected chi connectivity index (χ1v) is 6.37. The van der Waals surface area contributed by atoms with E-state index in [1.807, 2.05) is 6.92 Å². The number of carbonyl (C=O) groups is 1. The molecule has 0 unspecified atom stereocenters. The Kier molecular flexibility index (Phi) is 4.18. The molecule has 1 saturated carbocycles. The number of hydrogen-bond donors (Lipinski definition) is 1. The van der Waals surface area contributed by atoms with Crippen LogP contribution in [-0.4, -0.2) is 35.1 Å². The molecular formula is C15H16FNO2. The number of rotatable bonds is 3. The summed E-state index contributed by atoms with van der Waals surface area (Å²) in [5.74, 6) is 4.24. The Morgan fingerprint density at radius 2 is 2.26 bits per heavy atom. The molecule has 4 heteroatoms. The molecule has 100 valence electrons. The first-order chi connectivity index (χ1) is 9.17. The predicted molar refractivity (Wildman–Crippen MR) is 70.1 cm³/mol. The summed E-state index contributed by atoms with van der Waals surface area (Å²) in [5, 5.41) is 8.58. The quantitative estimate of drug-likeness (QED) is 0.843. The second kappa shape index (κ2) is 5.85. The van der Waals surface area contributed by atoms with E-state index in [0.29, 0.717) is 12.1 Å². The average Bonchev–Trinajstić information content (AvgIpc) is 3.21. The van der Waals surface area contributed by atoms with E-state index in [1.165, 1.54) is 12.1 Å². The Morgan fingerprint density at radius 1 is 1.53 bits per heavy atom. The third-order valence-corrected chi connectivity index (χ3v) is 3.10. The number of hydrogen-bond acceptors (Lipinski definition) is 2. The van der Waals surface area contributed by atoms with Crippen molar-refractivity contribution in [2.75, 3.05) is 13.2 Å². The topological polar surface area (TPSA) is 40.5 Å². The SMILES string of the molecule is CCN(C(=O)c1ccc(C#CCO)cc1F)C1CC1. The van der Waals surface area contributed by atoms with Gasteiger partial charge in [-0.05, 0) is 38.0 Å². The van der Waals surface area contributed by atoms with Crippen LogP contribution in [0.15, 0.2) is 18.2 Å². The molecule has 0 atom stereocenters. The second-order valence-corrected chi connectivity index (χ2v) is 4.48. The number of benzene rings is 1. The molecule has 1 aromatic carbocycles. The van der Waals surface area contributed by atoms with Crippen LogP contribution in [0.2, 0.25) is 0 Å². The zero-order valence-corrected chi connectivity index (χ0v) is 10.8. The Morgan fingerprint density at radius 3 is 2.79 bits per heavy atom. The predicted octanol–water partition coefficient (Wildman–Crippen LogP) is 1.79. The molecule has 3 nitrogen and oxygen atoms in total. The summed E-state index contributed by atoms with van der Waals surface area (Å²) in [6, 6.07) is 4.56. The lowest BCUT2D eigenvalue weighted by atomic mass is 10.1. The number of aliphatic hydroxyl groups excluding tert-OH is 1. The van der Waals surface area contributed by atoms with E-state index in [0.717, 1.165) is 12.8 Å². The van der Waals surface area contributed by atoms with Gasteiger partial charge in [0.15, 0.2) is 0 Å².